The Kier molecular flexibility index (Phi) is 1.65. The normalized spacial score (nSPS) is 9.25. The summed E-state index contributed by atoms with van der Waals surface area (Å²) in [5.41, 5.74) is 0. The van der Waals surface area contributed by atoms with E-state index in [1.807, 2.05) is 0 Å². The molecule has 1 rings (SSSR count). The fourth-order valence-corrected chi connectivity index (χ4v) is 0.603. The molecular formula is C4HCl2N2. The van der Waals surface area contributed by atoms with Gasteiger partial charge in [0, 0.05) is 0 Å². The summed E-state index contributed by atoms with van der Waals surface area (Å²) in [6.07, 6.45) is 3.76. The van der Waals surface area contributed by atoms with Crippen LogP contribution in [0, 0.1) is 6.20 Å². The van der Waals surface area contributed by atoms with Crippen LogP contribution in [0.15, 0.2) is 6.20 Å². The maximum atomic E-state index is 5.37. The lowest BCUT2D eigenvalue weighted by molar-refractivity contribution is 1.19. The molecule has 1 aromatic heterocycles. The highest BCUT2D eigenvalue weighted by atomic mass is 35.5. The van der Waals surface area contributed by atoms with E-state index in [1.165, 1.54) is 6.20 Å². The van der Waals surface area contributed by atoms with Crippen molar-refractivity contribution in [3.63, 3.8) is 0 Å². The molecule has 0 aliphatic heterocycles. The maximum Gasteiger partial charge on any atom is 0.158 e. The molecule has 0 aliphatic rings. The molecule has 0 amide bonds. The highest BCUT2D eigenvalue weighted by Crippen LogP contribution is 2.05. The SMILES string of the molecule is Clc1[c]ncc(Cl)n1. The number of nitrogens with zero attached hydrogens (tertiary/aromatic N) is 2. The van der Waals surface area contributed by atoms with Gasteiger partial charge in [0.15, 0.2) is 5.15 Å². The van der Waals surface area contributed by atoms with Crippen LogP contribution < -0.4 is 0 Å². The van der Waals surface area contributed by atoms with Crippen molar-refractivity contribution in [3.05, 3.63) is 22.7 Å². The van der Waals surface area contributed by atoms with Crippen molar-refractivity contribution in [3.8, 4) is 0 Å². The molecule has 0 unspecified atom stereocenters. The predicted molar refractivity (Wildman–Crippen MR) is 30.9 cm³/mol. The van der Waals surface area contributed by atoms with E-state index in [-0.39, 0.29) is 10.3 Å². The van der Waals surface area contributed by atoms with Crippen molar-refractivity contribution < 1.29 is 0 Å². The Labute approximate surface area is 56.5 Å². The summed E-state index contributed by atoms with van der Waals surface area (Å²) in [6.45, 7) is 0. The lowest BCUT2D eigenvalue weighted by atomic mass is 10.8. The lowest BCUT2D eigenvalue weighted by Gasteiger charge is -1.84. The van der Waals surface area contributed by atoms with E-state index in [0.717, 1.165) is 0 Å². The average Bonchev–Trinajstić information content (AvgIpc) is 1.64. The topological polar surface area (TPSA) is 25.8 Å². The largest absolute Gasteiger partial charge is 0.248 e. The van der Waals surface area contributed by atoms with Crippen LogP contribution in [0.25, 0.3) is 0 Å². The molecule has 0 spiro atoms. The first-order valence-corrected chi connectivity index (χ1v) is 2.60. The van der Waals surface area contributed by atoms with Gasteiger partial charge in [0.1, 0.15) is 11.3 Å². The Bertz CT molecular complexity index is 172. The van der Waals surface area contributed by atoms with Crippen LogP contribution in [0.5, 0.6) is 0 Å². The highest BCUT2D eigenvalue weighted by Gasteiger charge is 1.88. The second-order valence-electron chi connectivity index (χ2n) is 1.10. The highest BCUT2D eigenvalue weighted by molar-refractivity contribution is 6.32. The van der Waals surface area contributed by atoms with E-state index >= 15 is 0 Å². The third kappa shape index (κ3) is 1.32. The van der Waals surface area contributed by atoms with Crippen LogP contribution in [-0.4, -0.2) is 9.97 Å². The first-order chi connectivity index (χ1) is 3.79. The Morgan fingerprint density at radius 3 is 2.62 bits per heavy atom. The van der Waals surface area contributed by atoms with Gasteiger partial charge in [-0.15, -0.1) is 0 Å². The first-order valence-electron chi connectivity index (χ1n) is 1.85. The van der Waals surface area contributed by atoms with E-state index in [9.17, 15) is 0 Å². The minimum atomic E-state index is 0.192. The fourth-order valence-electron chi connectivity index (χ4n) is 0.286. The maximum absolute atomic E-state index is 5.37. The minimum absolute atomic E-state index is 0.192. The Balaban J connectivity index is 3.08. The van der Waals surface area contributed by atoms with Gasteiger partial charge in [0.25, 0.3) is 0 Å². The van der Waals surface area contributed by atoms with Crippen LogP contribution in [-0.2, 0) is 0 Å². The minimum Gasteiger partial charge on any atom is -0.248 e. The van der Waals surface area contributed by atoms with Crippen molar-refractivity contribution in [2.45, 2.75) is 0 Å². The van der Waals surface area contributed by atoms with Gasteiger partial charge in [-0.1, -0.05) is 23.2 Å². The number of halogens is 2. The summed E-state index contributed by atoms with van der Waals surface area (Å²) in [5.74, 6) is 0. The molecule has 0 saturated carbocycles. The third-order valence-electron chi connectivity index (χ3n) is 0.533. The van der Waals surface area contributed by atoms with Crippen molar-refractivity contribution in [1.82, 2.24) is 9.97 Å². The van der Waals surface area contributed by atoms with E-state index < -0.39 is 0 Å². The average molecular weight is 148 g/mol. The molecule has 0 N–H and O–H groups in total. The van der Waals surface area contributed by atoms with Gasteiger partial charge in [0.05, 0.1) is 6.20 Å². The summed E-state index contributed by atoms with van der Waals surface area (Å²) in [6, 6.07) is 0. The summed E-state index contributed by atoms with van der Waals surface area (Å²) in [4.78, 5) is 7.12. The van der Waals surface area contributed by atoms with Gasteiger partial charge >= 0.3 is 0 Å². The second-order valence-corrected chi connectivity index (χ2v) is 1.84. The molecule has 41 valence electrons. The molecule has 1 heterocycles. The number of rotatable bonds is 0. The van der Waals surface area contributed by atoms with Gasteiger partial charge in [-0.3, -0.25) is 0 Å². The molecule has 8 heavy (non-hydrogen) atoms. The fraction of sp³-hybridized carbons (Fsp3) is 0. The van der Waals surface area contributed by atoms with Crippen LogP contribution in [0.1, 0.15) is 0 Å². The molecular weight excluding hydrogens is 147 g/mol. The number of hydrogen-bond donors (Lipinski definition) is 0. The quantitative estimate of drug-likeness (QED) is 0.558. The van der Waals surface area contributed by atoms with Crippen LogP contribution in [0.4, 0.5) is 0 Å². The second kappa shape index (κ2) is 2.29. The van der Waals surface area contributed by atoms with Crippen LogP contribution >= 0.6 is 23.2 Å². The molecule has 2 nitrogen and oxygen atoms in total. The Hall–Kier alpha value is -0.340. The zero-order valence-corrected chi connectivity index (χ0v) is 5.24. The molecule has 1 radical (unpaired) electrons. The Morgan fingerprint density at radius 2 is 2.25 bits per heavy atom. The van der Waals surface area contributed by atoms with E-state index in [2.05, 4.69) is 16.2 Å². The van der Waals surface area contributed by atoms with E-state index in [0.29, 0.717) is 0 Å². The van der Waals surface area contributed by atoms with E-state index in [4.69, 9.17) is 23.2 Å². The zero-order valence-electron chi connectivity index (χ0n) is 3.73. The molecule has 1 aromatic rings. The lowest BCUT2D eigenvalue weighted by Crippen LogP contribution is -1.77. The predicted octanol–water partition coefficient (Wildman–Crippen LogP) is 1.58. The summed E-state index contributed by atoms with van der Waals surface area (Å²) >= 11 is 10.7. The summed E-state index contributed by atoms with van der Waals surface area (Å²) < 4.78 is 0. The third-order valence-corrected chi connectivity index (χ3v) is 0.884. The molecule has 0 saturated heterocycles. The van der Waals surface area contributed by atoms with Gasteiger partial charge in [-0.05, 0) is 0 Å². The van der Waals surface area contributed by atoms with Crippen molar-refractivity contribution in [2.24, 2.45) is 0 Å². The van der Waals surface area contributed by atoms with Crippen molar-refractivity contribution in [2.75, 3.05) is 0 Å². The van der Waals surface area contributed by atoms with Gasteiger partial charge in [0.2, 0.25) is 0 Å². The van der Waals surface area contributed by atoms with Gasteiger partial charge in [-0.25, -0.2) is 9.97 Å². The smallest absolute Gasteiger partial charge is 0.158 e. The van der Waals surface area contributed by atoms with Crippen molar-refractivity contribution >= 4 is 23.2 Å². The van der Waals surface area contributed by atoms with Crippen LogP contribution in [0.2, 0.25) is 10.3 Å². The number of hydrogen-bond acceptors (Lipinski definition) is 2. The van der Waals surface area contributed by atoms with Gasteiger partial charge in [-0.2, -0.15) is 0 Å². The molecule has 0 aromatic carbocycles. The summed E-state index contributed by atoms with van der Waals surface area (Å²) in [5, 5.41) is 0.478. The monoisotopic (exact) mass is 147 g/mol. The zero-order chi connectivity index (χ0) is 5.98. The van der Waals surface area contributed by atoms with Gasteiger partial charge < -0.3 is 0 Å². The molecule has 4 heteroatoms. The Morgan fingerprint density at radius 1 is 1.50 bits per heavy atom. The van der Waals surface area contributed by atoms with E-state index in [1.54, 1.807) is 0 Å². The first kappa shape index (κ1) is 5.79. The molecule has 0 aliphatic carbocycles. The standard InChI is InChI=1S/C4HCl2N2/c5-3-1-7-2-4(6)8-3/h1H. The molecule has 0 atom stereocenters. The molecule has 0 fully saturated rings. The molecule has 0 bridgehead atoms. The number of aromatic nitrogens is 2. The van der Waals surface area contributed by atoms with Crippen molar-refractivity contribution in [1.29, 1.82) is 0 Å². The van der Waals surface area contributed by atoms with Crippen LogP contribution in [0.3, 0.4) is 0 Å². The summed E-state index contributed by atoms with van der Waals surface area (Å²) in [7, 11) is 0.